The standard InChI is InChI=1S/C15H19NO3/c1-4-19-15(18)12-8-16(9-14(12)17)13-7-10(2)5-6-11(13)3/h5-7,12H,4,8-9H2,1-3H3. The molecule has 1 atom stereocenters. The van der Waals surface area contributed by atoms with E-state index < -0.39 is 11.9 Å². The van der Waals surface area contributed by atoms with Crippen molar-refractivity contribution in [3.8, 4) is 0 Å². The maximum absolute atomic E-state index is 11.9. The zero-order valence-corrected chi connectivity index (χ0v) is 11.6. The van der Waals surface area contributed by atoms with Crippen LogP contribution in [0.15, 0.2) is 18.2 Å². The Labute approximate surface area is 113 Å². The molecule has 0 amide bonds. The second-order valence-electron chi connectivity index (χ2n) is 4.94. The first-order valence-electron chi connectivity index (χ1n) is 6.54. The molecule has 4 heteroatoms. The lowest BCUT2D eigenvalue weighted by atomic mass is 10.1. The van der Waals surface area contributed by atoms with Gasteiger partial charge >= 0.3 is 5.97 Å². The molecule has 1 aromatic rings. The van der Waals surface area contributed by atoms with Crippen molar-refractivity contribution in [2.45, 2.75) is 20.8 Å². The molecule has 0 spiro atoms. The molecule has 0 aliphatic carbocycles. The molecule has 1 heterocycles. The maximum Gasteiger partial charge on any atom is 0.318 e. The summed E-state index contributed by atoms with van der Waals surface area (Å²) in [5, 5.41) is 0. The number of rotatable bonds is 3. The van der Waals surface area contributed by atoms with E-state index in [9.17, 15) is 9.59 Å². The molecule has 1 aromatic carbocycles. The number of carbonyl (C=O) groups is 2. The summed E-state index contributed by atoms with van der Waals surface area (Å²) in [6.45, 7) is 6.79. The fourth-order valence-electron chi connectivity index (χ4n) is 2.38. The Morgan fingerprint density at radius 2 is 2.16 bits per heavy atom. The molecule has 0 saturated carbocycles. The highest BCUT2D eigenvalue weighted by molar-refractivity contribution is 6.04. The van der Waals surface area contributed by atoms with Crippen molar-refractivity contribution < 1.29 is 14.3 Å². The van der Waals surface area contributed by atoms with E-state index >= 15 is 0 Å². The van der Waals surface area contributed by atoms with Gasteiger partial charge in [-0.3, -0.25) is 9.59 Å². The first kappa shape index (κ1) is 13.6. The molecule has 1 unspecified atom stereocenters. The van der Waals surface area contributed by atoms with E-state index in [1.54, 1.807) is 6.92 Å². The van der Waals surface area contributed by atoms with Crippen LogP contribution in [0.2, 0.25) is 0 Å². The number of esters is 1. The summed E-state index contributed by atoms with van der Waals surface area (Å²) >= 11 is 0. The van der Waals surface area contributed by atoms with Crippen LogP contribution in [0.4, 0.5) is 5.69 Å². The van der Waals surface area contributed by atoms with Gasteiger partial charge in [0, 0.05) is 12.2 Å². The van der Waals surface area contributed by atoms with E-state index in [4.69, 9.17) is 4.74 Å². The Bertz CT molecular complexity index is 510. The van der Waals surface area contributed by atoms with Crippen molar-refractivity contribution in [1.82, 2.24) is 0 Å². The fourth-order valence-corrected chi connectivity index (χ4v) is 2.38. The summed E-state index contributed by atoms with van der Waals surface area (Å²) in [4.78, 5) is 25.6. The third kappa shape index (κ3) is 2.78. The fraction of sp³-hybridized carbons (Fsp3) is 0.467. The monoisotopic (exact) mass is 261 g/mol. The van der Waals surface area contributed by atoms with Gasteiger partial charge in [-0.25, -0.2) is 0 Å². The predicted molar refractivity (Wildman–Crippen MR) is 73.3 cm³/mol. The number of nitrogens with zero attached hydrogens (tertiary/aromatic N) is 1. The summed E-state index contributed by atoms with van der Waals surface area (Å²) < 4.78 is 4.95. The summed E-state index contributed by atoms with van der Waals surface area (Å²) in [5.74, 6) is -1.10. The maximum atomic E-state index is 11.9. The van der Waals surface area contributed by atoms with Gasteiger partial charge in [-0.2, -0.15) is 0 Å². The molecule has 1 fully saturated rings. The first-order valence-corrected chi connectivity index (χ1v) is 6.54. The number of anilines is 1. The number of aryl methyl sites for hydroxylation is 2. The third-order valence-corrected chi connectivity index (χ3v) is 3.41. The second-order valence-corrected chi connectivity index (χ2v) is 4.94. The highest BCUT2D eigenvalue weighted by Crippen LogP contribution is 2.26. The van der Waals surface area contributed by atoms with Gasteiger partial charge in [0.05, 0.1) is 13.2 Å². The quantitative estimate of drug-likeness (QED) is 0.615. The van der Waals surface area contributed by atoms with E-state index in [1.807, 2.05) is 30.9 Å². The highest BCUT2D eigenvalue weighted by Gasteiger charge is 2.37. The number of hydrogen-bond donors (Lipinski definition) is 0. The molecule has 19 heavy (non-hydrogen) atoms. The summed E-state index contributed by atoms with van der Waals surface area (Å²) in [6, 6.07) is 6.13. The SMILES string of the molecule is CCOC(=O)C1CN(c2cc(C)ccc2C)CC1=O. The number of ether oxygens (including phenoxy) is 1. The van der Waals surface area contributed by atoms with Crippen LogP contribution in [0.3, 0.4) is 0 Å². The van der Waals surface area contributed by atoms with Crippen LogP contribution in [-0.2, 0) is 14.3 Å². The van der Waals surface area contributed by atoms with Crippen LogP contribution in [0.5, 0.6) is 0 Å². The molecular weight excluding hydrogens is 242 g/mol. The zero-order valence-electron chi connectivity index (χ0n) is 11.6. The minimum Gasteiger partial charge on any atom is -0.465 e. The van der Waals surface area contributed by atoms with Crippen LogP contribution in [-0.4, -0.2) is 31.4 Å². The molecular formula is C15H19NO3. The predicted octanol–water partition coefficient (Wildman–Crippen LogP) is 1.87. The molecule has 2 rings (SSSR count). The van der Waals surface area contributed by atoms with Crippen LogP contribution < -0.4 is 4.90 Å². The minimum absolute atomic E-state index is 0.0562. The Hall–Kier alpha value is -1.84. The van der Waals surface area contributed by atoms with Crippen molar-refractivity contribution in [2.24, 2.45) is 5.92 Å². The Morgan fingerprint density at radius 3 is 2.84 bits per heavy atom. The molecule has 102 valence electrons. The first-order chi connectivity index (χ1) is 9.02. The van der Waals surface area contributed by atoms with Crippen molar-refractivity contribution in [3.05, 3.63) is 29.3 Å². The van der Waals surface area contributed by atoms with Gasteiger partial charge in [-0.1, -0.05) is 12.1 Å². The average Bonchev–Trinajstić information content (AvgIpc) is 2.74. The molecule has 0 aromatic heterocycles. The van der Waals surface area contributed by atoms with Gasteiger partial charge in [0.15, 0.2) is 5.78 Å². The van der Waals surface area contributed by atoms with Gasteiger partial charge in [0.2, 0.25) is 0 Å². The number of carbonyl (C=O) groups excluding carboxylic acids is 2. The van der Waals surface area contributed by atoms with Crippen LogP contribution in [0, 0.1) is 19.8 Å². The van der Waals surface area contributed by atoms with Gasteiger partial charge < -0.3 is 9.64 Å². The third-order valence-electron chi connectivity index (χ3n) is 3.41. The largest absolute Gasteiger partial charge is 0.465 e. The molecule has 1 aliphatic rings. The summed E-state index contributed by atoms with van der Waals surface area (Å²) in [6.07, 6.45) is 0. The molecule has 1 aliphatic heterocycles. The molecule has 1 saturated heterocycles. The second kappa shape index (κ2) is 5.43. The number of hydrogen-bond acceptors (Lipinski definition) is 4. The lowest BCUT2D eigenvalue weighted by Gasteiger charge is -2.20. The number of ketones is 1. The molecule has 0 N–H and O–H groups in total. The van der Waals surface area contributed by atoms with Gasteiger partial charge in [-0.15, -0.1) is 0 Å². The molecule has 0 radical (unpaired) electrons. The van der Waals surface area contributed by atoms with E-state index in [0.29, 0.717) is 13.2 Å². The van der Waals surface area contributed by atoms with Crippen molar-refractivity contribution in [2.75, 3.05) is 24.6 Å². The lowest BCUT2D eigenvalue weighted by molar-refractivity contribution is -0.149. The van der Waals surface area contributed by atoms with E-state index in [1.165, 1.54) is 0 Å². The molecule has 0 bridgehead atoms. The van der Waals surface area contributed by atoms with Gasteiger partial charge in [-0.05, 0) is 38.0 Å². The average molecular weight is 261 g/mol. The van der Waals surface area contributed by atoms with E-state index in [2.05, 4.69) is 6.07 Å². The number of benzene rings is 1. The Kier molecular flexibility index (Phi) is 3.88. The van der Waals surface area contributed by atoms with Gasteiger partial charge in [0.1, 0.15) is 5.92 Å². The van der Waals surface area contributed by atoms with E-state index in [0.717, 1.165) is 16.8 Å². The normalized spacial score (nSPS) is 18.8. The molecule has 4 nitrogen and oxygen atoms in total. The summed E-state index contributed by atoms with van der Waals surface area (Å²) in [7, 11) is 0. The number of Topliss-reactive ketones (excluding diaryl/α,β-unsaturated/α-hetero) is 1. The highest BCUT2D eigenvalue weighted by atomic mass is 16.5. The topological polar surface area (TPSA) is 46.6 Å². The van der Waals surface area contributed by atoms with Crippen molar-refractivity contribution in [3.63, 3.8) is 0 Å². The lowest BCUT2D eigenvalue weighted by Crippen LogP contribution is -2.26. The van der Waals surface area contributed by atoms with Crippen LogP contribution >= 0.6 is 0 Å². The Morgan fingerprint density at radius 1 is 1.42 bits per heavy atom. The van der Waals surface area contributed by atoms with Crippen molar-refractivity contribution in [1.29, 1.82) is 0 Å². The van der Waals surface area contributed by atoms with Crippen LogP contribution in [0.25, 0.3) is 0 Å². The van der Waals surface area contributed by atoms with Crippen LogP contribution in [0.1, 0.15) is 18.1 Å². The zero-order chi connectivity index (χ0) is 14.0. The minimum atomic E-state index is -0.639. The summed E-state index contributed by atoms with van der Waals surface area (Å²) in [5.41, 5.74) is 3.29. The smallest absolute Gasteiger partial charge is 0.318 e. The Balaban J connectivity index is 2.18. The van der Waals surface area contributed by atoms with E-state index in [-0.39, 0.29) is 12.3 Å². The van der Waals surface area contributed by atoms with Gasteiger partial charge in [0.25, 0.3) is 0 Å². The van der Waals surface area contributed by atoms with Crippen molar-refractivity contribution >= 4 is 17.4 Å².